The van der Waals surface area contributed by atoms with Crippen LogP contribution in [-0.2, 0) is 25.2 Å². The van der Waals surface area contributed by atoms with Crippen molar-refractivity contribution in [3.05, 3.63) is 75.3 Å². The number of benzene rings is 2. The third-order valence-corrected chi connectivity index (χ3v) is 5.58. The molecular formula is C24H26F3NO7. The Labute approximate surface area is 199 Å². The first-order valence-corrected chi connectivity index (χ1v) is 10.8. The summed E-state index contributed by atoms with van der Waals surface area (Å²) in [6.07, 6.45) is -7.43. The highest BCUT2D eigenvalue weighted by molar-refractivity contribution is 5.99. The van der Waals surface area contributed by atoms with Crippen LogP contribution >= 0.6 is 0 Å². The summed E-state index contributed by atoms with van der Waals surface area (Å²) in [6, 6.07) is 9.37. The number of halogens is 3. The lowest BCUT2D eigenvalue weighted by atomic mass is 9.74. The molecule has 8 nitrogen and oxygen atoms in total. The molecule has 2 aromatic rings. The Balaban J connectivity index is 2.76. The van der Waals surface area contributed by atoms with E-state index < -0.39 is 63.7 Å². The van der Waals surface area contributed by atoms with E-state index in [0.29, 0.717) is 0 Å². The minimum Gasteiger partial charge on any atom is -0.465 e. The van der Waals surface area contributed by atoms with Gasteiger partial charge in [0.05, 0.1) is 29.8 Å². The molecule has 0 saturated carbocycles. The molecule has 2 unspecified atom stereocenters. The monoisotopic (exact) mass is 497 g/mol. The van der Waals surface area contributed by atoms with Gasteiger partial charge < -0.3 is 14.6 Å². The number of carbonyl (C=O) groups excluding carboxylic acids is 2. The predicted octanol–water partition coefficient (Wildman–Crippen LogP) is 4.95. The third-order valence-electron chi connectivity index (χ3n) is 5.58. The highest BCUT2D eigenvalue weighted by Crippen LogP contribution is 2.46. The first-order chi connectivity index (χ1) is 16.4. The fourth-order valence-corrected chi connectivity index (χ4v) is 3.86. The number of esters is 2. The highest BCUT2D eigenvalue weighted by Gasteiger charge is 2.49. The molecule has 0 heterocycles. The molecule has 0 spiro atoms. The molecular weight excluding hydrogens is 471 g/mol. The summed E-state index contributed by atoms with van der Waals surface area (Å²) >= 11 is 0. The van der Waals surface area contributed by atoms with Crippen molar-refractivity contribution in [3.63, 3.8) is 0 Å². The van der Waals surface area contributed by atoms with Crippen molar-refractivity contribution in [2.24, 2.45) is 5.41 Å². The lowest BCUT2D eigenvalue weighted by molar-refractivity contribution is -0.385. The van der Waals surface area contributed by atoms with Crippen molar-refractivity contribution in [1.29, 1.82) is 0 Å². The summed E-state index contributed by atoms with van der Waals surface area (Å²) in [5.74, 6) is -3.55. The molecule has 2 rings (SSSR count). The van der Waals surface area contributed by atoms with Crippen LogP contribution in [0, 0.1) is 15.5 Å². The van der Waals surface area contributed by atoms with Crippen LogP contribution in [0.25, 0.3) is 0 Å². The van der Waals surface area contributed by atoms with Gasteiger partial charge in [0.1, 0.15) is 0 Å². The Hall–Kier alpha value is -3.47. The van der Waals surface area contributed by atoms with Gasteiger partial charge in [-0.1, -0.05) is 36.4 Å². The van der Waals surface area contributed by atoms with Crippen LogP contribution in [0.3, 0.4) is 0 Å². The highest BCUT2D eigenvalue weighted by atomic mass is 19.4. The van der Waals surface area contributed by atoms with Gasteiger partial charge in [-0.25, -0.2) is 0 Å². The van der Waals surface area contributed by atoms with E-state index in [-0.39, 0.29) is 18.8 Å². The molecule has 190 valence electrons. The number of nitro benzene ring substituents is 1. The predicted molar refractivity (Wildman–Crippen MR) is 118 cm³/mol. The van der Waals surface area contributed by atoms with Gasteiger partial charge in [0.25, 0.3) is 5.69 Å². The first-order valence-electron chi connectivity index (χ1n) is 10.8. The van der Waals surface area contributed by atoms with Crippen LogP contribution in [0.4, 0.5) is 18.9 Å². The fraction of sp³-hybridized carbons (Fsp3) is 0.417. The number of nitro groups is 1. The van der Waals surface area contributed by atoms with E-state index >= 15 is 0 Å². The van der Waals surface area contributed by atoms with E-state index in [0.717, 1.165) is 24.3 Å². The molecule has 0 amide bonds. The van der Waals surface area contributed by atoms with Gasteiger partial charge in [-0.05, 0) is 38.8 Å². The molecule has 0 fully saturated rings. The molecule has 0 radical (unpaired) electrons. The van der Waals surface area contributed by atoms with Crippen molar-refractivity contribution in [1.82, 2.24) is 0 Å². The number of ether oxygens (including phenoxy) is 2. The van der Waals surface area contributed by atoms with Crippen LogP contribution < -0.4 is 0 Å². The van der Waals surface area contributed by atoms with E-state index in [1.54, 1.807) is 0 Å². The van der Waals surface area contributed by atoms with Gasteiger partial charge in [-0.2, -0.15) is 13.2 Å². The maximum atomic E-state index is 13.7. The van der Waals surface area contributed by atoms with Crippen LogP contribution in [0.5, 0.6) is 0 Å². The Bertz CT molecular complexity index is 1050. The molecule has 35 heavy (non-hydrogen) atoms. The second kappa shape index (κ2) is 11.3. The minimum absolute atomic E-state index is 0.108. The average molecular weight is 497 g/mol. The maximum absolute atomic E-state index is 13.7. The minimum atomic E-state index is -4.84. The van der Waals surface area contributed by atoms with Crippen molar-refractivity contribution >= 4 is 17.6 Å². The number of nitrogens with zero attached hydrogens (tertiary/aromatic N) is 1. The lowest BCUT2D eigenvalue weighted by Crippen LogP contribution is -2.41. The number of aliphatic hydroxyl groups excluding tert-OH is 1. The maximum Gasteiger partial charge on any atom is 0.416 e. The Morgan fingerprint density at radius 2 is 1.46 bits per heavy atom. The second-order valence-electron chi connectivity index (χ2n) is 7.93. The van der Waals surface area contributed by atoms with Gasteiger partial charge in [-0.15, -0.1) is 0 Å². The zero-order chi connectivity index (χ0) is 26.4. The molecule has 0 aliphatic carbocycles. The van der Waals surface area contributed by atoms with E-state index in [1.165, 1.54) is 45.0 Å². The van der Waals surface area contributed by atoms with Crippen LogP contribution in [0.2, 0.25) is 0 Å². The Kier molecular flexibility index (Phi) is 8.97. The molecule has 2 atom stereocenters. The SMILES string of the molecule is CCOC(=O)C(C)(CC(c1ccccc1[N+](=O)[O-])C(O)c1ccccc1C(F)(F)F)C(=O)OCC. The van der Waals surface area contributed by atoms with Crippen molar-refractivity contribution in [2.45, 2.75) is 45.4 Å². The number of carbonyl (C=O) groups is 2. The molecule has 0 aliphatic heterocycles. The van der Waals surface area contributed by atoms with Gasteiger partial charge in [0, 0.05) is 17.5 Å². The molecule has 1 N–H and O–H groups in total. The molecule has 0 bridgehead atoms. The fourth-order valence-electron chi connectivity index (χ4n) is 3.86. The topological polar surface area (TPSA) is 116 Å². The zero-order valence-electron chi connectivity index (χ0n) is 19.4. The summed E-state index contributed by atoms with van der Waals surface area (Å²) in [5, 5.41) is 23.0. The van der Waals surface area contributed by atoms with E-state index in [9.17, 15) is 38.0 Å². The van der Waals surface area contributed by atoms with E-state index in [1.807, 2.05) is 0 Å². The number of alkyl halides is 3. The largest absolute Gasteiger partial charge is 0.465 e. The molecule has 0 saturated heterocycles. The van der Waals surface area contributed by atoms with Gasteiger partial charge in [-0.3, -0.25) is 19.7 Å². The number of aliphatic hydroxyl groups is 1. The Morgan fingerprint density at radius 1 is 0.971 bits per heavy atom. The second-order valence-corrected chi connectivity index (χ2v) is 7.93. The smallest absolute Gasteiger partial charge is 0.416 e. The Morgan fingerprint density at radius 3 is 1.94 bits per heavy atom. The summed E-state index contributed by atoms with van der Waals surface area (Å²) in [4.78, 5) is 36.6. The summed E-state index contributed by atoms with van der Waals surface area (Å²) in [5.41, 5.74) is -4.42. The molecule has 0 aromatic heterocycles. The standard InChI is InChI=1S/C24H26F3NO7/c1-4-34-21(30)23(3,22(31)35-5-2)14-17(15-10-7-9-13-19(15)28(32)33)20(29)16-11-6-8-12-18(16)24(25,26)27/h6-13,17,20,29H,4-5,14H2,1-3H3. The normalized spacial score (nSPS) is 13.6. The molecule has 11 heteroatoms. The van der Waals surface area contributed by atoms with Crippen molar-refractivity contribution < 1.29 is 42.3 Å². The molecule has 2 aromatic carbocycles. The van der Waals surface area contributed by atoms with Crippen LogP contribution in [-0.4, -0.2) is 35.2 Å². The van der Waals surface area contributed by atoms with Crippen molar-refractivity contribution in [3.8, 4) is 0 Å². The van der Waals surface area contributed by atoms with Crippen LogP contribution in [0.1, 0.15) is 55.9 Å². The number of hydrogen-bond donors (Lipinski definition) is 1. The van der Waals surface area contributed by atoms with Crippen molar-refractivity contribution in [2.75, 3.05) is 13.2 Å². The molecule has 0 aliphatic rings. The van der Waals surface area contributed by atoms with Gasteiger partial charge >= 0.3 is 18.1 Å². The zero-order valence-corrected chi connectivity index (χ0v) is 19.4. The number of para-hydroxylation sites is 1. The average Bonchev–Trinajstić information content (AvgIpc) is 2.81. The third kappa shape index (κ3) is 6.16. The van der Waals surface area contributed by atoms with Crippen LogP contribution in [0.15, 0.2) is 48.5 Å². The van der Waals surface area contributed by atoms with E-state index in [2.05, 4.69) is 0 Å². The van der Waals surface area contributed by atoms with E-state index in [4.69, 9.17) is 9.47 Å². The lowest BCUT2D eigenvalue weighted by Gasteiger charge is -2.32. The number of hydrogen-bond acceptors (Lipinski definition) is 7. The van der Waals surface area contributed by atoms with Gasteiger partial charge in [0.2, 0.25) is 0 Å². The number of rotatable bonds is 10. The summed E-state index contributed by atoms with van der Waals surface area (Å²) in [6.45, 7) is 3.95. The summed E-state index contributed by atoms with van der Waals surface area (Å²) in [7, 11) is 0. The first kappa shape index (κ1) is 27.8. The summed E-state index contributed by atoms with van der Waals surface area (Å²) < 4.78 is 51.2. The van der Waals surface area contributed by atoms with Gasteiger partial charge in [0.15, 0.2) is 5.41 Å². The quantitative estimate of drug-likeness (QED) is 0.214.